The molecule has 0 bridgehead atoms. The molecule has 20 heavy (non-hydrogen) atoms. The Hall–Kier alpha value is -2.20. The fourth-order valence-corrected chi connectivity index (χ4v) is 2.68. The maximum Gasteiger partial charge on any atom is 0.123 e. The summed E-state index contributed by atoms with van der Waals surface area (Å²) in [6.45, 7) is 2.11. The number of nitrogens with zero attached hydrogens (tertiary/aromatic N) is 2. The van der Waals surface area contributed by atoms with Crippen LogP contribution in [-0.4, -0.2) is 9.97 Å². The van der Waals surface area contributed by atoms with Gasteiger partial charge in [0.1, 0.15) is 5.01 Å². The minimum atomic E-state index is 0.182. The number of pyridine rings is 1. The highest BCUT2D eigenvalue weighted by molar-refractivity contribution is 7.13. The normalized spacial score (nSPS) is 12.1. The summed E-state index contributed by atoms with van der Waals surface area (Å²) in [4.78, 5) is 8.67. The predicted molar refractivity (Wildman–Crippen MR) is 83.8 cm³/mol. The molecule has 4 heteroatoms. The van der Waals surface area contributed by atoms with Gasteiger partial charge in [-0.25, -0.2) is 4.98 Å². The Bertz CT molecular complexity index is 648. The topological polar surface area (TPSA) is 37.8 Å². The van der Waals surface area contributed by atoms with Crippen molar-refractivity contribution >= 4 is 17.0 Å². The number of nitrogens with one attached hydrogen (secondary N) is 1. The highest BCUT2D eigenvalue weighted by Crippen LogP contribution is 2.24. The molecule has 0 fully saturated rings. The predicted octanol–water partition coefficient (Wildman–Crippen LogP) is 4.38. The third-order valence-corrected chi connectivity index (χ3v) is 3.90. The standard InChI is InChI=1S/C16H15N3S/c1-12(15-4-2-3-9-17-15)19-14-7-5-13(6-8-14)16-18-10-11-20-16/h2-12,19H,1H3. The average molecular weight is 281 g/mol. The Morgan fingerprint density at radius 2 is 1.85 bits per heavy atom. The Morgan fingerprint density at radius 1 is 1.00 bits per heavy atom. The van der Waals surface area contributed by atoms with Crippen molar-refractivity contribution in [2.24, 2.45) is 0 Å². The Labute approximate surface area is 122 Å². The molecule has 0 aliphatic carbocycles. The summed E-state index contributed by atoms with van der Waals surface area (Å²) >= 11 is 1.65. The lowest BCUT2D eigenvalue weighted by molar-refractivity contribution is 0.839. The molecule has 3 nitrogen and oxygen atoms in total. The first kappa shape index (κ1) is 12.8. The van der Waals surface area contributed by atoms with Crippen LogP contribution in [0.15, 0.2) is 60.2 Å². The molecule has 1 atom stereocenters. The zero-order chi connectivity index (χ0) is 13.8. The molecule has 0 spiro atoms. The zero-order valence-corrected chi connectivity index (χ0v) is 12.0. The van der Waals surface area contributed by atoms with E-state index in [1.807, 2.05) is 36.0 Å². The number of anilines is 1. The monoisotopic (exact) mass is 281 g/mol. The summed E-state index contributed by atoms with van der Waals surface area (Å²) < 4.78 is 0. The van der Waals surface area contributed by atoms with E-state index in [4.69, 9.17) is 0 Å². The fraction of sp³-hybridized carbons (Fsp3) is 0.125. The van der Waals surface area contributed by atoms with E-state index in [0.717, 1.165) is 22.0 Å². The second-order valence-corrected chi connectivity index (χ2v) is 5.43. The molecule has 0 aliphatic rings. The minimum absolute atomic E-state index is 0.182. The van der Waals surface area contributed by atoms with Gasteiger partial charge in [0.05, 0.1) is 11.7 Å². The van der Waals surface area contributed by atoms with Gasteiger partial charge in [-0.3, -0.25) is 4.98 Å². The molecule has 0 saturated heterocycles. The van der Waals surface area contributed by atoms with E-state index in [-0.39, 0.29) is 6.04 Å². The van der Waals surface area contributed by atoms with Gasteiger partial charge in [-0.15, -0.1) is 11.3 Å². The van der Waals surface area contributed by atoms with E-state index in [1.54, 1.807) is 11.3 Å². The summed E-state index contributed by atoms with van der Waals surface area (Å²) in [5.74, 6) is 0. The van der Waals surface area contributed by atoms with Gasteiger partial charge in [0.15, 0.2) is 0 Å². The second kappa shape index (κ2) is 5.84. The first-order valence-electron chi connectivity index (χ1n) is 6.50. The highest BCUT2D eigenvalue weighted by Gasteiger charge is 2.06. The van der Waals surface area contributed by atoms with E-state index in [9.17, 15) is 0 Å². The molecule has 0 amide bonds. The summed E-state index contributed by atoms with van der Waals surface area (Å²) in [5.41, 5.74) is 3.27. The van der Waals surface area contributed by atoms with Crippen LogP contribution >= 0.6 is 11.3 Å². The smallest absolute Gasteiger partial charge is 0.123 e. The number of hydrogen-bond acceptors (Lipinski definition) is 4. The number of thiazole rings is 1. The lowest BCUT2D eigenvalue weighted by Gasteiger charge is -2.14. The molecule has 3 aromatic rings. The molecular formula is C16H15N3S. The van der Waals surface area contributed by atoms with Gasteiger partial charge in [0.25, 0.3) is 0 Å². The van der Waals surface area contributed by atoms with Crippen LogP contribution in [0.3, 0.4) is 0 Å². The summed E-state index contributed by atoms with van der Waals surface area (Å²) in [6, 6.07) is 14.5. The largest absolute Gasteiger partial charge is 0.377 e. The molecule has 1 unspecified atom stereocenters. The maximum absolute atomic E-state index is 4.36. The summed E-state index contributed by atoms with van der Waals surface area (Å²) in [5, 5.41) is 6.49. The van der Waals surface area contributed by atoms with Gasteiger partial charge in [0, 0.05) is 29.0 Å². The van der Waals surface area contributed by atoms with Crippen molar-refractivity contribution in [3.8, 4) is 10.6 Å². The SMILES string of the molecule is CC(Nc1ccc(-c2nccs2)cc1)c1ccccn1. The Kier molecular flexibility index (Phi) is 3.74. The van der Waals surface area contributed by atoms with Crippen LogP contribution in [0.5, 0.6) is 0 Å². The number of aromatic nitrogens is 2. The third-order valence-electron chi connectivity index (χ3n) is 3.08. The molecular weight excluding hydrogens is 266 g/mol. The van der Waals surface area contributed by atoms with Gasteiger partial charge < -0.3 is 5.32 Å². The Morgan fingerprint density at radius 3 is 2.50 bits per heavy atom. The van der Waals surface area contributed by atoms with Crippen molar-refractivity contribution in [1.29, 1.82) is 0 Å². The lowest BCUT2D eigenvalue weighted by atomic mass is 10.1. The van der Waals surface area contributed by atoms with Crippen LogP contribution < -0.4 is 5.32 Å². The minimum Gasteiger partial charge on any atom is -0.377 e. The first-order chi connectivity index (χ1) is 9.83. The van der Waals surface area contributed by atoms with Gasteiger partial charge in [-0.1, -0.05) is 6.07 Å². The van der Waals surface area contributed by atoms with Crippen molar-refractivity contribution in [3.63, 3.8) is 0 Å². The van der Waals surface area contributed by atoms with Crippen molar-refractivity contribution < 1.29 is 0 Å². The molecule has 1 N–H and O–H groups in total. The van der Waals surface area contributed by atoms with E-state index in [0.29, 0.717) is 0 Å². The van der Waals surface area contributed by atoms with Crippen LogP contribution in [0.1, 0.15) is 18.7 Å². The molecule has 2 heterocycles. The molecule has 2 aromatic heterocycles. The first-order valence-corrected chi connectivity index (χ1v) is 7.38. The molecule has 100 valence electrons. The molecule has 3 rings (SSSR count). The third kappa shape index (κ3) is 2.86. The number of hydrogen-bond donors (Lipinski definition) is 1. The van der Waals surface area contributed by atoms with Crippen molar-refractivity contribution in [3.05, 3.63) is 65.9 Å². The number of rotatable bonds is 4. The zero-order valence-electron chi connectivity index (χ0n) is 11.2. The lowest BCUT2D eigenvalue weighted by Crippen LogP contribution is -2.07. The summed E-state index contributed by atoms with van der Waals surface area (Å²) in [7, 11) is 0. The molecule has 0 aliphatic heterocycles. The van der Waals surface area contributed by atoms with Crippen LogP contribution in [-0.2, 0) is 0 Å². The van der Waals surface area contributed by atoms with Crippen LogP contribution in [0.2, 0.25) is 0 Å². The van der Waals surface area contributed by atoms with Crippen LogP contribution in [0.25, 0.3) is 10.6 Å². The van der Waals surface area contributed by atoms with Gasteiger partial charge in [0.2, 0.25) is 0 Å². The van der Waals surface area contributed by atoms with Gasteiger partial charge in [-0.2, -0.15) is 0 Å². The molecule has 1 aromatic carbocycles. The van der Waals surface area contributed by atoms with Crippen LogP contribution in [0.4, 0.5) is 5.69 Å². The van der Waals surface area contributed by atoms with E-state index in [1.165, 1.54) is 0 Å². The van der Waals surface area contributed by atoms with Crippen molar-refractivity contribution in [2.75, 3.05) is 5.32 Å². The second-order valence-electron chi connectivity index (χ2n) is 4.54. The van der Waals surface area contributed by atoms with E-state index >= 15 is 0 Å². The van der Waals surface area contributed by atoms with E-state index < -0.39 is 0 Å². The maximum atomic E-state index is 4.36. The Balaban J connectivity index is 1.72. The van der Waals surface area contributed by atoms with Gasteiger partial charge in [-0.05, 0) is 43.3 Å². The molecule has 0 radical (unpaired) electrons. The quantitative estimate of drug-likeness (QED) is 0.771. The summed E-state index contributed by atoms with van der Waals surface area (Å²) in [6.07, 6.45) is 3.65. The average Bonchev–Trinajstić information content (AvgIpc) is 3.03. The highest BCUT2D eigenvalue weighted by atomic mass is 32.1. The number of benzene rings is 1. The van der Waals surface area contributed by atoms with Gasteiger partial charge >= 0.3 is 0 Å². The molecule has 0 saturated carbocycles. The fourth-order valence-electron chi connectivity index (χ4n) is 2.03. The van der Waals surface area contributed by atoms with Crippen molar-refractivity contribution in [2.45, 2.75) is 13.0 Å². The van der Waals surface area contributed by atoms with E-state index in [2.05, 4.69) is 46.5 Å². The van der Waals surface area contributed by atoms with Crippen LogP contribution in [0, 0.1) is 0 Å². The van der Waals surface area contributed by atoms with Crippen molar-refractivity contribution in [1.82, 2.24) is 9.97 Å².